The minimum atomic E-state index is -0.177. The number of rotatable bonds is 4. The summed E-state index contributed by atoms with van der Waals surface area (Å²) in [7, 11) is 1.41. The number of pyridine rings is 1. The molecule has 6 heteroatoms. The highest BCUT2D eigenvalue weighted by atomic mass is 35.5. The van der Waals surface area contributed by atoms with Crippen LogP contribution in [0.4, 0.5) is 0 Å². The molecule has 2 rings (SSSR count). The molecule has 0 spiro atoms. The van der Waals surface area contributed by atoms with Crippen molar-refractivity contribution in [3.8, 4) is 0 Å². The van der Waals surface area contributed by atoms with Crippen LogP contribution < -0.4 is 0 Å². The second-order valence-corrected chi connectivity index (χ2v) is 6.00. The minimum Gasteiger partial charge on any atom is -0.469 e. The van der Waals surface area contributed by atoms with Gasteiger partial charge in [-0.1, -0.05) is 24.9 Å². The second-order valence-electron chi connectivity index (χ2n) is 5.62. The van der Waals surface area contributed by atoms with Gasteiger partial charge in [-0.15, -0.1) is 0 Å². The van der Waals surface area contributed by atoms with Gasteiger partial charge in [0.05, 0.1) is 7.11 Å². The van der Waals surface area contributed by atoms with Gasteiger partial charge in [-0.3, -0.25) is 9.59 Å². The zero-order chi connectivity index (χ0) is 16.1. The topological polar surface area (TPSA) is 59.5 Å². The van der Waals surface area contributed by atoms with Gasteiger partial charge in [-0.2, -0.15) is 0 Å². The molecule has 2 heterocycles. The van der Waals surface area contributed by atoms with Gasteiger partial charge in [0.25, 0.3) is 5.91 Å². The summed E-state index contributed by atoms with van der Waals surface area (Å²) in [6.45, 7) is 3.40. The average Bonchev–Trinajstić information content (AvgIpc) is 2.54. The largest absolute Gasteiger partial charge is 0.469 e. The number of nitrogens with zero attached hydrogens (tertiary/aromatic N) is 2. The highest BCUT2D eigenvalue weighted by Gasteiger charge is 2.32. The summed E-state index contributed by atoms with van der Waals surface area (Å²) < 4.78 is 4.76. The summed E-state index contributed by atoms with van der Waals surface area (Å²) in [5.74, 6) is 0.389. The molecular weight excluding hydrogens is 304 g/mol. The average molecular weight is 325 g/mol. The highest BCUT2D eigenvalue weighted by Crippen LogP contribution is 2.30. The third-order valence-electron chi connectivity index (χ3n) is 4.33. The van der Waals surface area contributed by atoms with Crippen LogP contribution in [-0.2, 0) is 9.53 Å². The van der Waals surface area contributed by atoms with Crippen molar-refractivity contribution in [2.45, 2.75) is 26.2 Å². The Morgan fingerprint density at radius 1 is 1.45 bits per heavy atom. The van der Waals surface area contributed by atoms with Crippen molar-refractivity contribution < 1.29 is 14.3 Å². The number of hydrogen-bond acceptors (Lipinski definition) is 4. The Bertz CT molecular complexity index is 550. The predicted molar refractivity (Wildman–Crippen MR) is 83.7 cm³/mol. The lowest BCUT2D eigenvalue weighted by Crippen LogP contribution is -2.44. The summed E-state index contributed by atoms with van der Waals surface area (Å²) in [4.78, 5) is 29.8. The monoisotopic (exact) mass is 324 g/mol. The van der Waals surface area contributed by atoms with Crippen LogP contribution in [-0.4, -0.2) is 42.0 Å². The van der Waals surface area contributed by atoms with Crippen LogP contribution in [0.25, 0.3) is 0 Å². The Morgan fingerprint density at radius 3 is 2.86 bits per heavy atom. The predicted octanol–water partition coefficient (Wildman–Crippen LogP) is 2.79. The lowest BCUT2D eigenvalue weighted by Gasteiger charge is -2.38. The third kappa shape index (κ3) is 3.97. The molecule has 1 aromatic heterocycles. The number of ether oxygens (including phenoxy) is 1. The van der Waals surface area contributed by atoms with Crippen LogP contribution in [0.15, 0.2) is 18.3 Å². The third-order valence-corrected chi connectivity index (χ3v) is 4.54. The molecule has 1 aromatic rings. The summed E-state index contributed by atoms with van der Waals surface area (Å²) in [6, 6.07) is 3.26. The van der Waals surface area contributed by atoms with E-state index < -0.39 is 0 Å². The number of likely N-dealkylation sites (tertiary alicyclic amines) is 1. The molecule has 0 aliphatic carbocycles. The quantitative estimate of drug-likeness (QED) is 0.631. The number of carbonyl (C=O) groups is 2. The Hall–Kier alpha value is -1.62. The molecule has 120 valence electrons. The molecule has 1 amide bonds. The zero-order valence-electron chi connectivity index (χ0n) is 12.9. The Labute approximate surface area is 135 Å². The smallest absolute Gasteiger partial charge is 0.305 e. The number of amides is 1. The molecule has 1 saturated heterocycles. The SMILES string of the molecule is CCC1CN(C(=O)c2ccnc(Cl)c2)CCC1CC(=O)OC. The normalized spacial score (nSPS) is 21.5. The van der Waals surface area contributed by atoms with Crippen LogP contribution in [0.1, 0.15) is 36.5 Å². The lowest BCUT2D eigenvalue weighted by molar-refractivity contribution is -0.142. The highest BCUT2D eigenvalue weighted by molar-refractivity contribution is 6.29. The molecule has 0 aromatic carbocycles. The van der Waals surface area contributed by atoms with Crippen molar-refractivity contribution in [3.63, 3.8) is 0 Å². The van der Waals surface area contributed by atoms with E-state index in [4.69, 9.17) is 16.3 Å². The molecule has 0 saturated carbocycles. The van der Waals surface area contributed by atoms with Crippen LogP contribution in [0.5, 0.6) is 0 Å². The molecule has 1 fully saturated rings. The van der Waals surface area contributed by atoms with E-state index in [0.717, 1.165) is 12.8 Å². The molecule has 22 heavy (non-hydrogen) atoms. The van der Waals surface area contributed by atoms with E-state index >= 15 is 0 Å². The first kappa shape index (κ1) is 16.7. The van der Waals surface area contributed by atoms with E-state index in [9.17, 15) is 9.59 Å². The van der Waals surface area contributed by atoms with Crippen molar-refractivity contribution in [1.82, 2.24) is 9.88 Å². The van der Waals surface area contributed by atoms with Gasteiger partial charge >= 0.3 is 5.97 Å². The number of halogens is 1. The van der Waals surface area contributed by atoms with Gasteiger partial charge in [0.15, 0.2) is 0 Å². The van der Waals surface area contributed by atoms with Gasteiger partial charge in [0.1, 0.15) is 5.15 Å². The molecule has 1 aliphatic heterocycles. The number of carbonyl (C=O) groups excluding carboxylic acids is 2. The Kier molecular flexibility index (Phi) is 5.77. The van der Waals surface area contributed by atoms with Gasteiger partial charge in [0, 0.05) is 31.3 Å². The van der Waals surface area contributed by atoms with Crippen LogP contribution in [0.2, 0.25) is 5.15 Å². The number of piperidine rings is 1. The van der Waals surface area contributed by atoms with E-state index in [-0.39, 0.29) is 17.8 Å². The molecule has 2 atom stereocenters. The maximum atomic E-state index is 12.5. The summed E-state index contributed by atoms with van der Waals surface area (Å²) in [5.41, 5.74) is 0.557. The van der Waals surface area contributed by atoms with Gasteiger partial charge in [-0.25, -0.2) is 4.98 Å². The fourth-order valence-electron chi connectivity index (χ4n) is 3.01. The number of esters is 1. The number of hydrogen-bond donors (Lipinski definition) is 0. The first-order valence-corrected chi connectivity index (χ1v) is 7.90. The van der Waals surface area contributed by atoms with Crippen molar-refractivity contribution in [2.24, 2.45) is 11.8 Å². The van der Waals surface area contributed by atoms with Crippen molar-refractivity contribution in [3.05, 3.63) is 29.0 Å². The molecule has 0 N–H and O–H groups in total. The summed E-state index contributed by atoms with van der Waals surface area (Å²) in [6.07, 6.45) is 3.72. The number of methoxy groups -OCH3 is 1. The first-order chi connectivity index (χ1) is 10.5. The van der Waals surface area contributed by atoms with Crippen LogP contribution in [0.3, 0.4) is 0 Å². The minimum absolute atomic E-state index is 0.0285. The maximum absolute atomic E-state index is 12.5. The molecule has 1 aliphatic rings. The zero-order valence-corrected chi connectivity index (χ0v) is 13.7. The van der Waals surface area contributed by atoms with Crippen molar-refractivity contribution >= 4 is 23.5 Å². The molecule has 2 unspecified atom stereocenters. The van der Waals surface area contributed by atoms with Crippen molar-refractivity contribution in [2.75, 3.05) is 20.2 Å². The Balaban J connectivity index is 2.03. The van der Waals surface area contributed by atoms with Crippen LogP contribution in [0, 0.1) is 11.8 Å². The van der Waals surface area contributed by atoms with Gasteiger partial charge < -0.3 is 9.64 Å². The number of aromatic nitrogens is 1. The maximum Gasteiger partial charge on any atom is 0.305 e. The van der Waals surface area contributed by atoms with E-state index in [0.29, 0.717) is 36.1 Å². The molecule has 0 bridgehead atoms. The Morgan fingerprint density at radius 2 is 2.23 bits per heavy atom. The van der Waals surface area contributed by atoms with E-state index in [1.165, 1.54) is 13.3 Å². The molecule has 5 nitrogen and oxygen atoms in total. The van der Waals surface area contributed by atoms with Gasteiger partial charge in [-0.05, 0) is 30.4 Å². The van der Waals surface area contributed by atoms with Crippen LogP contribution >= 0.6 is 11.6 Å². The standard InChI is InChI=1S/C16H21ClN2O3/c1-3-11-10-19(7-5-12(11)9-15(20)22-2)16(21)13-4-6-18-14(17)8-13/h4,6,8,11-12H,3,5,7,9-10H2,1-2H3. The molecule has 0 radical (unpaired) electrons. The second kappa shape index (κ2) is 7.58. The fourth-order valence-corrected chi connectivity index (χ4v) is 3.19. The summed E-state index contributed by atoms with van der Waals surface area (Å²) >= 11 is 5.85. The van der Waals surface area contributed by atoms with Crippen molar-refractivity contribution in [1.29, 1.82) is 0 Å². The van der Waals surface area contributed by atoms with E-state index in [1.54, 1.807) is 12.1 Å². The first-order valence-electron chi connectivity index (χ1n) is 7.52. The van der Waals surface area contributed by atoms with Gasteiger partial charge in [0.2, 0.25) is 0 Å². The fraction of sp³-hybridized carbons (Fsp3) is 0.562. The summed E-state index contributed by atoms with van der Waals surface area (Å²) in [5, 5.41) is 0.318. The lowest BCUT2D eigenvalue weighted by atomic mass is 9.81. The van der Waals surface area contributed by atoms with E-state index in [1.807, 2.05) is 4.90 Å². The molecular formula is C16H21ClN2O3. The van der Waals surface area contributed by atoms with E-state index in [2.05, 4.69) is 11.9 Å².